The first-order valence-corrected chi connectivity index (χ1v) is 6.51. The molecule has 0 bridgehead atoms. The Bertz CT molecular complexity index is 342. The molecule has 0 saturated heterocycles. The summed E-state index contributed by atoms with van der Waals surface area (Å²) in [4.78, 5) is 0. The Hall–Kier alpha value is -0.260. The van der Waals surface area contributed by atoms with Crippen molar-refractivity contribution in [1.29, 1.82) is 0 Å². The van der Waals surface area contributed by atoms with E-state index in [2.05, 4.69) is 31.9 Å². The third-order valence-electron chi connectivity index (χ3n) is 1.90. The largest absolute Gasteiger partial charge is 0.495 e. The van der Waals surface area contributed by atoms with Crippen LogP contribution in [0.5, 0.6) is 11.5 Å². The van der Waals surface area contributed by atoms with Crippen molar-refractivity contribution in [2.45, 2.75) is 6.92 Å². The van der Waals surface area contributed by atoms with Gasteiger partial charge in [-0.05, 0) is 44.8 Å². The van der Waals surface area contributed by atoms with Gasteiger partial charge in [-0.25, -0.2) is 0 Å². The van der Waals surface area contributed by atoms with Crippen molar-refractivity contribution in [2.24, 2.45) is 0 Å². The van der Waals surface area contributed by atoms with E-state index >= 15 is 0 Å². The third-order valence-corrected chi connectivity index (χ3v) is 3.14. The lowest BCUT2D eigenvalue weighted by Gasteiger charge is -2.11. The Morgan fingerprint density at radius 3 is 2.38 bits per heavy atom. The van der Waals surface area contributed by atoms with Crippen LogP contribution in [0.4, 0.5) is 0 Å². The molecule has 0 aromatic heterocycles. The summed E-state index contributed by atoms with van der Waals surface area (Å²) in [6.45, 7) is 3.77. The molecule has 3 nitrogen and oxygen atoms in total. The smallest absolute Gasteiger partial charge is 0.137 e. The summed E-state index contributed by atoms with van der Waals surface area (Å²) >= 11 is 6.83. The fourth-order valence-corrected chi connectivity index (χ4v) is 2.40. The van der Waals surface area contributed by atoms with Gasteiger partial charge in [0.25, 0.3) is 0 Å². The van der Waals surface area contributed by atoms with Crippen LogP contribution in [-0.4, -0.2) is 26.9 Å². The maximum absolute atomic E-state index is 5.56. The van der Waals surface area contributed by atoms with E-state index in [1.807, 2.05) is 19.1 Å². The van der Waals surface area contributed by atoms with Crippen molar-refractivity contribution in [3.8, 4) is 11.5 Å². The highest BCUT2D eigenvalue weighted by molar-refractivity contribution is 9.11. The summed E-state index contributed by atoms with van der Waals surface area (Å²) < 4.78 is 17.7. The second kappa shape index (κ2) is 7.14. The normalized spacial score (nSPS) is 10.2. The molecule has 0 saturated carbocycles. The van der Waals surface area contributed by atoms with Crippen LogP contribution in [0, 0.1) is 0 Å². The highest BCUT2D eigenvalue weighted by atomic mass is 79.9. The van der Waals surface area contributed by atoms with E-state index in [1.54, 1.807) is 7.11 Å². The summed E-state index contributed by atoms with van der Waals surface area (Å²) in [6.07, 6.45) is 0. The minimum absolute atomic E-state index is 0.525. The molecule has 16 heavy (non-hydrogen) atoms. The Kier molecular flexibility index (Phi) is 6.16. The number of rotatable bonds is 6. The zero-order valence-electron chi connectivity index (χ0n) is 9.26. The molecule has 0 unspecified atom stereocenters. The average molecular weight is 354 g/mol. The van der Waals surface area contributed by atoms with E-state index < -0.39 is 0 Å². The minimum atomic E-state index is 0.525. The average Bonchev–Trinajstić information content (AvgIpc) is 2.27. The van der Waals surface area contributed by atoms with Crippen LogP contribution in [-0.2, 0) is 4.74 Å². The molecule has 0 amide bonds. The molecule has 0 aliphatic rings. The second-order valence-electron chi connectivity index (χ2n) is 2.96. The number of hydrogen-bond donors (Lipinski definition) is 0. The zero-order valence-corrected chi connectivity index (χ0v) is 12.4. The van der Waals surface area contributed by atoms with E-state index in [0.29, 0.717) is 19.8 Å². The van der Waals surface area contributed by atoms with Gasteiger partial charge in [0.05, 0.1) is 22.7 Å². The minimum Gasteiger partial charge on any atom is -0.495 e. The number of hydrogen-bond acceptors (Lipinski definition) is 3. The van der Waals surface area contributed by atoms with Crippen LogP contribution in [0.3, 0.4) is 0 Å². The second-order valence-corrected chi connectivity index (χ2v) is 4.67. The van der Waals surface area contributed by atoms with Gasteiger partial charge in [0.1, 0.15) is 18.1 Å². The summed E-state index contributed by atoms with van der Waals surface area (Å²) in [5, 5.41) is 0. The quantitative estimate of drug-likeness (QED) is 0.731. The van der Waals surface area contributed by atoms with Crippen molar-refractivity contribution < 1.29 is 14.2 Å². The lowest BCUT2D eigenvalue weighted by molar-refractivity contribution is 0.110. The standard InChI is InChI=1S/C11H14Br2O3/c1-3-15-4-5-16-11-7-10(14-2)8(12)6-9(11)13/h6-7H,3-5H2,1-2H3. The van der Waals surface area contributed by atoms with Crippen LogP contribution in [0.1, 0.15) is 6.92 Å². The molecule has 1 rings (SSSR count). The highest BCUT2D eigenvalue weighted by Crippen LogP contribution is 2.35. The molecular weight excluding hydrogens is 340 g/mol. The molecule has 0 N–H and O–H groups in total. The molecule has 0 aliphatic heterocycles. The predicted octanol–water partition coefficient (Wildman–Crippen LogP) is 3.64. The van der Waals surface area contributed by atoms with Gasteiger partial charge in [0, 0.05) is 12.7 Å². The van der Waals surface area contributed by atoms with Gasteiger partial charge in [-0.2, -0.15) is 0 Å². The SMILES string of the molecule is CCOCCOc1cc(OC)c(Br)cc1Br. The monoisotopic (exact) mass is 352 g/mol. The number of halogens is 2. The molecule has 0 heterocycles. The zero-order chi connectivity index (χ0) is 12.0. The number of benzene rings is 1. The molecule has 1 aromatic rings. The first-order valence-electron chi connectivity index (χ1n) is 4.92. The maximum atomic E-state index is 5.56. The lowest BCUT2D eigenvalue weighted by atomic mass is 10.3. The van der Waals surface area contributed by atoms with Gasteiger partial charge < -0.3 is 14.2 Å². The van der Waals surface area contributed by atoms with Crippen molar-refractivity contribution in [3.63, 3.8) is 0 Å². The molecule has 1 aromatic carbocycles. The van der Waals surface area contributed by atoms with Gasteiger partial charge in [-0.15, -0.1) is 0 Å². The molecule has 0 spiro atoms. The summed E-state index contributed by atoms with van der Waals surface area (Å²) in [5.74, 6) is 1.49. The van der Waals surface area contributed by atoms with Gasteiger partial charge in [-0.1, -0.05) is 0 Å². The van der Waals surface area contributed by atoms with Crippen LogP contribution < -0.4 is 9.47 Å². The Morgan fingerprint density at radius 1 is 1.06 bits per heavy atom. The number of ether oxygens (including phenoxy) is 3. The fourth-order valence-electron chi connectivity index (χ4n) is 1.13. The Morgan fingerprint density at radius 2 is 1.75 bits per heavy atom. The van der Waals surface area contributed by atoms with E-state index in [9.17, 15) is 0 Å². The first kappa shape index (κ1) is 13.8. The molecular formula is C11H14Br2O3. The molecule has 0 atom stereocenters. The fraction of sp³-hybridized carbons (Fsp3) is 0.455. The summed E-state index contributed by atoms with van der Waals surface area (Å²) in [7, 11) is 1.62. The molecule has 0 radical (unpaired) electrons. The molecule has 90 valence electrons. The van der Waals surface area contributed by atoms with Crippen molar-refractivity contribution >= 4 is 31.9 Å². The maximum Gasteiger partial charge on any atom is 0.137 e. The van der Waals surface area contributed by atoms with Gasteiger partial charge in [-0.3, -0.25) is 0 Å². The molecule has 0 aliphatic carbocycles. The van der Waals surface area contributed by atoms with Gasteiger partial charge in [0.2, 0.25) is 0 Å². The van der Waals surface area contributed by atoms with E-state index in [1.165, 1.54) is 0 Å². The van der Waals surface area contributed by atoms with Crippen molar-refractivity contribution in [3.05, 3.63) is 21.1 Å². The highest BCUT2D eigenvalue weighted by Gasteiger charge is 2.07. The van der Waals surface area contributed by atoms with E-state index in [0.717, 1.165) is 20.4 Å². The topological polar surface area (TPSA) is 27.7 Å². The molecule has 0 fully saturated rings. The van der Waals surface area contributed by atoms with Gasteiger partial charge in [0.15, 0.2) is 0 Å². The molecule has 5 heteroatoms. The van der Waals surface area contributed by atoms with Crippen LogP contribution >= 0.6 is 31.9 Å². The van der Waals surface area contributed by atoms with E-state index in [4.69, 9.17) is 14.2 Å². The third kappa shape index (κ3) is 3.96. The summed E-state index contributed by atoms with van der Waals surface area (Å²) in [6, 6.07) is 3.73. The predicted molar refractivity (Wildman–Crippen MR) is 70.4 cm³/mol. The van der Waals surface area contributed by atoms with Crippen LogP contribution in [0.25, 0.3) is 0 Å². The van der Waals surface area contributed by atoms with Crippen molar-refractivity contribution in [1.82, 2.24) is 0 Å². The lowest BCUT2D eigenvalue weighted by Crippen LogP contribution is -2.06. The summed E-state index contributed by atoms with van der Waals surface area (Å²) in [5.41, 5.74) is 0. The van der Waals surface area contributed by atoms with Gasteiger partial charge >= 0.3 is 0 Å². The Labute approximate surface area is 112 Å². The first-order chi connectivity index (χ1) is 7.69. The number of methoxy groups -OCH3 is 1. The van der Waals surface area contributed by atoms with Crippen LogP contribution in [0.2, 0.25) is 0 Å². The van der Waals surface area contributed by atoms with Crippen molar-refractivity contribution in [2.75, 3.05) is 26.9 Å². The van der Waals surface area contributed by atoms with E-state index in [-0.39, 0.29) is 0 Å². The Balaban J connectivity index is 2.64. The van der Waals surface area contributed by atoms with Crippen LogP contribution in [0.15, 0.2) is 21.1 Å².